The molecule has 1 saturated carbocycles. The molecular formula is C12H20N2O3. The quantitative estimate of drug-likeness (QED) is 0.690. The minimum atomic E-state index is -0.871. The number of amides is 2. The van der Waals surface area contributed by atoms with Crippen molar-refractivity contribution in [3.63, 3.8) is 0 Å². The van der Waals surface area contributed by atoms with Gasteiger partial charge in [-0.3, -0.25) is 4.79 Å². The third-order valence-electron chi connectivity index (χ3n) is 2.75. The number of carboxylic acids is 1. The SMILES string of the molecule is C=C(C)CN(C)C(=O)NC(CC(=O)O)C1CC1. The Morgan fingerprint density at radius 1 is 1.53 bits per heavy atom. The second-order valence-electron chi connectivity index (χ2n) is 4.80. The van der Waals surface area contributed by atoms with E-state index < -0.39 is 5.97 Å². The molecule has 0 saturated heterocycles. The van der Waals surface area contributed by atoms with Gasteiger partial charge in [0.25, 0.3) is 0 Å². The molecule has 0 radical (unpaired) electrons. The van der Waals surface area contributed by atoms with Crippen molar-refractivity contribution in [2.24, 2.45) is 5.92 Å². The van der Waals surface area contributed by atoms with E-state index in [1.807, 2.05) is 6.92 Å². The molecule has 1 aliphatic rings. The monoisotopic (exact) mass is 240 g/mol. The lowest BCUT2D eigenvalue weighted by Crippen LogP contribution is -2.45. The molecule has 0 heterocycles. The van der Waals surface area contributed by atoms with Gasteiger partial charge in [-0.25, -0.2) is 4.79 Å². The highest BCUT2D eigenvalue weighted by molar-refractivity contribution is 5.76. The summed E-state index contributed by atoms with van der Waals surface area (Å²) in [4.78, 5) is 24.0. The van der Waals surface area contributed by atoms with Crippen LogP contribution in [0.25, 0.3) is 0 Å². The van der Waals surface area contributed by atoms with E-state index >= 15 is 0 Å². The highest BCUT2D eigenvalue weighted by Crippen LogP contribution is 2.34. The Morgan fingerprint density at radius 2 is 2.12 bits per heavy atom. The average molecular weight is 240 g/mol. The molecule has 0 spiro atoms. The maximum atomic E-state index is 11.8. The molecule has 0 aromatic carbocycles. The number of urea groups is 1. The molecule has 0 aromatic rings. The van der Waals surface area contributed by atoms with Crippen LogP contribution in [0.1, 0.15) is 26.2 Å². The van der Waals surface area contributed by atoms with Crippen molar-refractivity contribution in [1.29, 1.82) is 0 Å². The molecule has 1 rings (SSSR count). The summed E-state index contributed by atoms with van der Waals surface area (Å²) in [6.07, 6.45) is 2.00. The Hall–Kier alpha value is -1.52. The van der Waals surface area contributed by atoms with Gasteiger partial charge in [0.2, 0.25) is 0 Å². The molecule has 1 fully saturated rings. The van der Waals surface area contributed by atoms with Crippen molar-refractivity contribution < 1.29 is 14.7 Å². The predicted molar refractivity (Wildman–Crippen MR) is 64.7 cm³/mol. The number of carboxylic acid groups (broad SMARTS) is 1. The van der Waals surface area contributed by atoms with Gasteiger partial charge < -0.3 is 15.3 Å². The zero-order valence-corrected chi connectivity index (χ0v) is 10.4. The summed E-state index contributed by atoms with van der Waals surface area (Å²) in [5.41, 5.74) is 0.892. The number of rotatable bonds is 6. The largest absolute Gasteiger partial charge is 0.481 e. The molecule has 17 heavy (non-hydrogen) atoms. The molecule has 1 unspecified atom stereocenters. The van der Waals surface area contributed by atoms with Crippen molar-refractivity contribution >= 4 is 12.0 Å². The fourth-order valence-electron chi connectivity index (χ4n) is 1.77. The molecule has 1 aliphatic carbocycles. The van der Waals surface area contributed by atoms with E-state index in [2.05, 4.69) is 11.9 Å². The lowest BCUT2D eigenvalue weighted by molar-refractivity contribution is -0.137. The normalized spacial score (nSPS) is 16.1. The molecule has 2 amide bonds. The smallest absolute Gasteiger partial charge is 0.317 e. The standard InChI is InChI=1S/C12H20N2O3/c1-8(2)7-14(3)12(17)13-10(6-11(15)16)9-4-5-9/h9-10H,1,4-7H2,2-3H3,(H,13,17)(H,15,16). The number of nitrogens with one attached hydrogen (secondary N) is 1. The molecular weight excluding hydrogens is 220 g/mol. The van der Waals surface area contributed by atoms with Crippen LogP contribution in [0.15, 0.2) is 12.2 Å². The molecule has 96 valence electrons. The van der Waals surface area contributed by atoms with E-state index in [0.717, 1.165) is 18.4 Å². The maximum Gasteiger partial charge on any atom is 0.317 e. The summed E-state index contributed by atoms with van der Waals surface area (Å²) >= 11 is 0. The topological polar surface area (TPSA) is 69.6 Å². The second-order valence-corrected chi connectivity index (χ2v) is 4.80. The third kappa shape index (κ3) is 4.89. The lowest BCUT2D eigenvalue weighted by Gasteiger charge is -2.22. The Balaban J connectivity index is 2.45. The number of aliphatic carboxylic acids is 1. The average Bonchev–Trinajstić information content (AvgIpc) is 2.97. The Labute approximate surface area is 101 Å². The number of nitrogens with zero attached hydrogens (tertiary/aromatic N) is 1. The van der Waals surface area contributed by atoms with Crippen molar-refractivity contribution in [2.45, 2.75) is 32.2 Å². The minimum Gasteiger partial charge on any atom is -0.481 e. The van der Waals surface area contributed by atoms with E-state index in [-0.39, 0.29) is 18.5 Å². The Bertz CT molecular complexity index is 324. The van der Waals surface area contributed by atoms with Crippen LogP contribution in [-0.2, 0) is 4.79 Å². The van der Waals surface area contributed by atoms with Crippen LogP contribution in [0.4, 0.5) is 4.79 Å². The van der Waals surface area contributed by atoms with Gasteiger partial charge in [0.05, 0.1) is 6.42 Å². The zero-order chi connectivity index (χ0) is 13.0. The first-order valence-corrected chi connectivity index (χ1v) is 5.78. The number of carbonyl (C=O) groups excluding carboxylic acids is 1. The van der Waals surface area contributed by atoms with Gasteiger partial charge in [-0.1, -0.05) is 12.2 Å². The number of carbonyl (C=O) groups is 2. The summed E-state index contributed by atoms with van der Waals surface area (Å²) < 4.78 is 0. The van der Waals surface area contributed by atoms with Gasteiger partial charge in [-0.05, 0) is 25.7 Å². The van der Waals surface area contributed by atoms with Crippen molar-refractivity contribution in [3.8, 4) is 0 Å². The molecule has 5 nitrogen and oxygen atoms in total. The third-order valence-corrected chi connectivity index (χ3v) is 2.75. The lowest BCUT2D eigenvalue weighted by atomic mass is 10.1. The van der Waals surface area contributed by atoms with Crippen LogP contribution in [-0.4, -0.2) is 41.6 Å². The molecule has 2 N–H and O–H groups in total. The number of hydrogen-bond donors (Lipinski definition) is 2. The van der Waals surface area contributed by atoms with Crippen LogP contribution in [0.2, 0.25) is 0 Å². The highest BCUT2D eigenvalue weighted by atomic mass is 16.4. The maximum absolute atomic E-state index is 11.8. The summed E-state index contributed by atoms with van der Waals surface area (Å²) in [6, 6.07) is -0.473. The van der Waals surface area contributed by atoms with E-state index in [9.17, 15) is 9.59 Å². The van der Waals surface area contributed by atoms with Gasteiger partial charge >= 0.3 is 12.0 Å². The first-order valence-electron chi connectivity index (χ1n) is 5.78. The van der Waals surface area contributed by atoms with Gasteiger partial charge in [0, 0.05) is 19.6 Å². The summed E-state index contributed by atoms with van der Waals surface area (Å²) in [6.45, 7) is 6.07. The van der Waals surface area contributed by atoms with Gasteiger partial charge in [-0.2, -0.15) is 0 Å². The minimum absolute atomic E-state index is 0.00266. The van der Waals surface area contributed by atoms with E-state index in [1.54, 1.807) is 7.05 Å². The first kappa shape index (κ1) is 13.5. The van der Waals surface area contributed by atoms with Crippen LogP contribution < -0.4 is 5.32 Å². The fraction of sp³-hybridized carbons (Fsp3) is 0.667. The van der Waals surface area contributed by atoms with Crippen LogP contribution >= 0.6 is 0 Å². The van der Waals surface area contributed by atoms with Gasteiger partial charge in [-0.15, -0.1) is 0 Å². The zero-order valence-electron chi connectivity index (χ0n) is 10.4. The highest BCUT2D eigenvalue weighted by Gasteiger charge is 2.34. The van der Waals surface area contributed by atoms with Crippen molar-refractivity contribution in [3.05, 3.63) is 12.2 Å². The molecule has 0 aliphatic heterocycles. The van der Waals surface area contributed by atoms with Crippen molar-refractivity contribution in [2.75, 3.05) is 13.6 Å². The molecule has 5 heteroatoms. The number of hydrogen-bond acceptors (Lipinski definition) is 2. The van der Waals surface area contributed by atoms with Crippen LogP contribution in [0.5, 0.6) is 0 Å². The second kappa shape index (κ2) is 5.70. The molecule has 0 bridgehead atoms. The number of likely N-dealkylation sites (N-methyl/N-ethyl adjacent to an activating group) is 1. The van der Waals surface area contributed by atoms with E-state index in [0.29, 0.717) is 12.5 Å². The van der Waals surface area contributed by atoms with E-state index in [4.69, 9.17) is 5.11 Å². The first-order chi connectivity index (χ1) is 7.90. The Morgan fingerprint density at radius 3 is 2.53 bits per heavy atom. The van der Waals surface area contributed by atoms with Crippen LogP contribution in [0, 0.1) is 5.92 Å². The Kier molecular flexibility index (Phi) is 4.54. The fourth-order valence-corrected chi connectivity index (χ4v) is 1.77. The van der Waals surface area contributed by atoms with E-state index in [1.165, 1.54) is 4.90 Å². The van der Waals surface area contributed by atoms with Crippen LogP contribution in [0.3, 0.4) is 0 Å². The molecule has 1 atom stereocenters. The summed E-state index contributed by atoms with van der Waals surface area (Å²) in [5.74, 6) is -0.543. The van der Waals surface area contributed by atoms with Gasteiger partial charge in [0.1, 0.15) is 0 Å². The molecule has 0 aromatic heterocycles. The predicted octanol–water partition coefficient (Wildman–Crippen LogP) is 1.46. The van der Waals surface area contributed by atoms with Crippen molar-refractivity contribution in [1.82, 2.24) is 10.2 Å². The summed E-state index contributed by atoms with van der Waals surface area (Å²) in [7, 11) is 1.68. The summed E-state index contributed by atoms with van der Waals surface area (Å²) in [5, 5.41) is 11.6. The van der Waals surface area contributed by atoms with Gasteiger partial charge in [0.15, 0.2) is 0 Å².